The summed E-state index contributed by atoms with van der Waals surface area (Å²) in [6, 6.07) is -0.0267. The fourth-order valence-electron chi connectivity index (χ4n) is 1.82. The van der Waals surface area contributed by atoms with E-state index in [0.717, 1.165) is 5.69 Å². The van der Waals surface area contributed by atoms with Crippen LogP contribution in [-0.4, -0.2) is 29.5 Å². The van der Waals surface area contributed by atoms with Gasteiger partial charge in [0.2, 0.25) is 5.95 Å². The van der Waals surface area contributed by atoms with E-state index in [-0.39, 0.29) is 17.5 Å². The minimum absolute atomic E-state index is 0.0267. The van der Waals surface area contributed by atoms with Gasteiger partial charge in [-0.15, -0.1) is 0 Å². The Kier molecular flexibility index (Phi) is 2.02. The summed E-state index contributed by atoms with van der Waals surface area (Å²) >= 11 is 0. The molecule has 2 N–H and O–H groups in total. The van der Waals surface area contributed by atoms with Crippen LogP contribution in [0.3, 0.4) is 0 Å². The fourth-order valence-corrected chi connectivity index (χ4v) is 3.53. The summed E-state index contributed by atoms with van der Waals surface area (Å²) in [6.07, 6.45) is 2.45. The third-order valence-corrected chi connectivity index (χ3v) is 4.23. The number of sulfone groups is 1. The standard InChI is InChI=1S/C8H13N3O2S/c1-6-4-11(8(9)10-6)7-2-3-14(12,13)5-7/h4,7H,2-3,5H2,1H3,(H2,9,10)/t7-/m0/s1. The molecule has 14 heavy (non-hydrogen) atoms. The van der Waals surface area contributed by atoms with Gasteiger partial charge in [-0.25, -0.2) is 13.4 Å². The molecule has 6 heteroatoms. The number of anilines is 1. The topological polar surface area (TPSA) is 78.0 Å². The van der Waals surface area contributed by atoms with Gasteiger partial charge in [-0.1, -0.05) is 0 Å². The molecule has 5 nitrogen and oxygen atoms in total. The van der Waals surface area contributed by atoms with E-state index in [0.29, 0.717) is 12.4 Å². The second-order valence-corrected chi connectivity index (χ2v) is 5.93. The Morgan fingerprint density at radius 2 is 2.36 bits per heavy atom. The molecule has 0 bridgehead atoms. The van der Waals surface area contributed by atoms with Gasteiger partial charge in [0, 0.05) is 6.20 Å². The summed E-state index contributed by atoms with van der Waals surface area (Å²) in [7, 11) is -2.86. The lowest BCUT2D eigenvalue weighted by atomic mass is 10.2. The van der Waals surface area contributed by atoms with E-state index in [4.69, 9.17) is 5.73 Å². The average molecular weight is 215 g/mol. The molecule has 0 spiro atoms. The Balaban J connectivity index is 2.30. The van der Waals surface area contributed by atoms with Crippen LogP contribution in [0.2, 0.25) is 0 Å². The van der Waals surface area contributed by atoms with Crippen molar-refractivity contribution in [3.63, 3.8) is 0 Å². The quantitative estimate of drug-likeness (QED) is 0.722. The molecule has 0 unspecified atom stereocenters. The van der Waals surface area contributed by atoms with E-state index in [2.05, 4.69) is 4.98 Å². The molecule has 0 aromatic carbocycles. The molecule has 1 aromatic heterocycles. The van der Waals surface area contributed by atoms with E-state index < -0.39 is 9.84 Å². The first-order valence-corrected chi connectivity index (χ1v) is 6.31. The van der Waals surface area contributed by atoms with Gasteiger partial charge < -0.3 is 10.3 Å². The number of imidazole rings is 1. The highest BCUT2D eigenvalue weighted by atomic mass is 32.2. The largest absolute Gasteiger partial charge is 0.369 e. The predicted octanol–water partition coefficient (Wildman–Crippen LogP) is 0.133. The highest BCUT2D eigenvalue weighted by Gasteiger charge is 2.30. The molecule has 2 heterocycles. The Labute approximate surface area is 82.9 Å². The zero-order valence-corrected chi connectivity index (χ0v) is 8.79. The lowest BCUT2D eigenvalue weighted by Crippen LogP contribution is -2.12. The van der Waals surface area contributed by atoms with Gasteiger partial charge >= 0.3 is 0 Å². The van der Waals surface area contributed by atoms with Crippen LogP contribution in [0.5, 0.6) is 0 Å². The summed E-state index contributed by atoms with van der Waals surface area (Å²) in [5.74, 6) is 0.853. The lowest BCUT2D eigenvalue weighted by molar-refractivity contribution is 0.562. The zero-order valence-electron chi connectivity index (χ0n) is 7.97. The molecule has 0 aliphatic carbocycles. The van der Waals surface area contributed by atoms with Crippen molar-refractivity contribution in [2.24, 2.45) is 0 Å². The highest BCUT2D eigenvalue weighted by molar-refractivity contribution is 7.91. The van der Waals surface area contributed by atoms with Gasteiger partial charge in [0.15, 0.2) is 9.84 Å². The van der Waals surface area contributed by atoms with Gasteiger partial charge in [0.05, 0.1) is 23.2 Å². The number of nitrogens with two attached hydrogens (primary N) is 1. The number of rotatable bonds is 1. The van der Waals surface area contributed by atoms with Crippen LogP contribution >= 0.6 is 0 Å². The smallest absolute Gasteiger partial charge is 0.200 e. The molecule has 1 aromatic rings. The van der Waals surface area contributed by atoms with Crippen molar-refractivity contribution in [3.8, 4) is 0 Å². The SMILES string of the molecule is Cc1cn([C@H]2CCS(=O)(=O)C2)c(N)n1. The average Bonchev–Trinajstić information content (AvgIpc) is 2.55. The molecular formula is C8H13N3O2S. The summed E-state index contributed by atoms with van der Waals surface area (Å²) < 4.78 is 24.3. The summed E-state index contributed by atoms with van der Waals surface area (Å²) in [4.78, 5) is 4.05. The highest BCUT2D eigenvalue weighted by Crippen LogP contribution is 2.25. The third-order valence-electron chi connectivity index (χ3n) is 2.48. The number of aromatic nitrogens is 2. The zero-order chi connectivity index (χ0) is 10.3. The lowest BCUT2D eigenvalue weighted by Gasteiger charge is -2.10. The summed E-state index contributed by atoms with van der Waals surface area (Å²) in [5, 5.41) is 0. The Hall–Kier alpha value is -1.04. The van der Waals surface area contributed by atoms with Crippen molar-refractivity contribution < 1.29 is 8.42 Å². The second kappa shape index (κ2) is 2.98. The van der Waals surface area contributed by atoms with Crippen molar-refractivity contribution in [1.29, 1.82) is 0 Å². The van der Waals surface area contributed by atoms with Crippen LogP contribution < -0.4 is 5.73 Å². The molecule has 1 fully saturated rings. The van der Waals surface area contributed by atoms with Crippen LogP contribution in [0, 0.1) is 6.92 Å². The first-order valence-electron chi connectivity index (χ1n) is 4.49. The Bertz CT molecular complexity index is 449. The molecule has 0 radical (unpaired) electrons. The normalized spacial score (nSPS) is 25.4. The van der Waals surface area contributed by atoms with Crippen LogP contribution in [-0.2, 0) is 9.84 Å². The first kappa shape index (κ1) is 9.51. The van der Waals surface area contributed by atoms with E-state index in [1.807, 2.05) is 6.92 Å². The maximum absolute atomic E-state index is 11.3. The van der Waals surface area contributed by atoms with E-state index in [1.54, 1.807) is 10.8 Å². The molecule has 1 aliphatic heterocycles. The number of hydrogen-bond acceptors (Lipinski definition) is 4. The summed E-state index contributed by atoms with van der Waals surface area (Å²) in [5.41, 5.74) is 6.49. The molecule has 2 rings (SSSR count). The van der Waals surface area contributed by atoms with Gasteiger partial charge in [-0.3, -0.25) is 0 Å². The minimum atomic E-state index is -2.86. The first-order chi connectivity index (χ1) is 6.48. The van der Waals surface area contributed by atoms with Crippen molar-refractivity contribution in [2.75, 3.05) is 17.2 Å². The Morgan fingerprint density at radius 1 is 1.64 bits per heavy atom. The minimum Gasteiger partial charge on any atom is -0.369 e. The maximum Gasteiger partial charge on any atom is 0.200 e. The molecule has 0 amide bonds. The van der Waals surface area contributed by atoms with Crippen molar-refractivity contribution >= 4 is 15.8 Å². The van der Waals surface area contributed by atoms with Crippen LogP contribution in [0.25, 0.3) is 0 Å². The molecule has 78 valence electrons. The second-order valence-electron chi connectivity index (χ2n) is 3.70. The number of nitrogen functional groups attached to an aromatic ring is 1. The van der Waals surface area contributed by atoms with Gasteiger partial charge in [0.25, 0.3) is 0 Å². The van der Waals surface area contributed by atoms with E-state index in [1.165, 1.54) is 0 Å². The molecular weight excluding hydrogens is 202 g/mol. The molecule has 1 saturated heterocycles. The number of nitrogens with zero attached hydrogens (tertiary/aromatic N) is 2. The van der Waals surface area contributed by atoms with E-state index in [9.17, 15) is 8.42 Å². The third kappa shape index (κ3) is 1.61. The molecule has 0 saturated carbocycles. The summed E-state index contributed by atoms with van der Waals surface area (Å²) in [6.45, 7) is 1.84. The molecule has 1 atom stereocenters. The van der Waals surface area contributed by atoms with E-state index >= 15 is 0 Å². The van der Waals surface area contributed by atoms with Gasteiger partial charge in [0.1, 0.15) is 0 Å². The van der Waals surface area contributed by atoms with Crippen LogP contribution in [0.4, 0.5) is 5.95 Å². The fraction of sp³-hybridized carbons (Fsp3) is 0.625. The maximum atomic E-state index is 11.3. The predicted molar refractivity (Wildman–Crippen MR) is 53.7 cm³/mol. The van der Waals surface area contributed by atoms with Gasteiger partial charge in [-0.2, -0.15) is 0 Å². The van der Waals surface area contributed by atoms with Crippen molar-refractivity contribution in [2.45, 2.75) is 19.4 Å². The van der Waals surface area contributed by atoms with Crippen LogP contribution in [0.15, 0.2) is 6.20 Å². The van der Waals surface area contributed by atoms with Crippen molar-refractivity contribution in [3.05, 3.63) is 11.9 Å². The Morgan fingerprint density at radius 3 is 2.79 bits per heavy atom. The number of hydrogen-bond donors (Lipinski definition) is 1. The number of aryl methyl sites for hydroxylation is 1. The van der Waals surface area contributed by atoms with Gasteiger partial charge in [-0.05, 0) is 13.3 Å². The monoisotopic (exact) mass is 215 g/mol. The molecule has 1 aliphatic rings. The van der Waals surface area contributed by atoms with Crippen LogP contribution in [0.1, 0.15) is 18.2 Å². The van der Waals surface area contributed by atoms with Crippen molar-refractivity contribution in [1.82, 2.24) is 9.55 Å².